The molecular formula is C8H13NO4S2. The van der Waals surface area contributed by atoms with Gasteiger partial charge in [-0.1, -0.05) is 5.16 Å². The molecule has 7 heteroatoms. The summed E-state index contributed by atoms with van der Waals surface area (Å²) < 4.78 is 4.55. The summed E-state index contributed by atoms with van der Waals surface area (Å²) in [6, 6.07) is 0. The summed E-state index contributed by atoms with van der Waals surface area (Å²) in [6.45, 7) is 1.74. The van der Waals surface area contributed by atoms with Gasteiger partial charge in [-0.3, -0.25) is 4.79 Å². The SMILES string of the molecule is CCOC(=O)/C(=N\O)C(=O)CSCCS. The van der Waals surface area contributed by atoms with Crippen LogP contribution in [0.3, 0.4) is 0 Å². The van der Waals surface area contributed by atoms with Gasteiger partial charge in [-0.15, -0.1) is 0 Å². The molecule has 0 saturated carbocycles. The molecule has 0 heterocycles. The Hall–Kier alpha value is -0.690. The lowest BCUT2D eigenvalue weighted by Gasteiger charge is -2.02. The van der Waals surface area contributed by atoms with E-state index < -0.39 is 17.5 Å². The van der Waals surface area contributed by atoms with Crippen LogP contribution in [0.25, 0.3) is 0 Å². The average molecular weight is 251 g/mol. The summed E-state index contributed by atoms with van der Waals surface area (Å²) in [4.78, 5) is 22.4. The maximum atomic E-state index is 11.3. The third kappa shape index (κ3) is 5.68. The van der Waals surface area contributed by atoms with Crippen LogP contribution in [0.2, 0.25) is 0 Å². The molecule has 15 heavy (non-hydrogen) atoms. The molecule has 0 aliphatic carbocycles. The van der Waals surface area contributed by atoms with Crippen LogP contribution in [-0.2, 0) is 14.3 Å². The Labute approximate surface area is 97.7 Å². The lowest BCUT2D eigenvalue weighted by atomic mass is 10.3. The third-order valence-corrected chi connectivity index (χ3v) is 2.79. The Bertz CT molecular complexity index is 255. The first-order valence-electron chi connectivity index (χ1n) is 4.28. The zero-order chi connectivity index (χ0) is 11.7. The summed E-state index contributed by atoms with van der Waals surface area (Å²) in [7, 11) is 0. The first-order chi connectivity index (χ1) is 7.17. The molecule has 5 nitrogen and oxygen atoms in total. The molecule has 0 aromatic rings. The summed E-state index contributed by atoms with van der Waals surface area (Å²) >= 11 is 5.28. The number of ether oxygens (including phenoxy) is 1. The van der Waals surface area contributed by atoms with E-state index in [2.05, 4.69) is 22.5 Å². The highest BCUT2D eigenvalue weighted by atomic mass is 32.2. The van der Waals surface area contributed by atoms with E-state index in [1.807, 2.05) is 0 Å². The summed E-state index contributed by atoms with van der Waals surface area (Å²) in [5.74, 6) is -0.0165. The van der Waals surface area contributed by atoms with E-state index in [1.54, 1.807) is 6.92 Å². The van der Waals surface area contributed by atoms with Gasteiger partial charge in [-0.05, 0) is 12.7 Å². The van der Waals surface area contributed by atoms with Crippen LogP contribution in [0.1, 0.15) is 6.92 Å². The van der Waals surface area contributed by atoms with E-state index in [-0.39, 0.29) is 12.4 Å². The van der Waals surface area contributed by atoms with Gasteiger partial charge in [0, 0.05) is 5.75 Å². The van der Waals surface area contributed by atoms with Gasteiger partial charge in [-0.25, -0.2) is 4.79 Å². The van der Waals surface area contributed by atoms with Crippen LogP contribution in [0.4, 0.5) is 0 Å². The van der Waals surface area contributed by atoms with Gasteiger partial charge >= 0.3 is 5.97 Å². The second-order valence-corrected chi connectivity index (χ2v) is 3.92. The van der Waals surface area contributed by atoms with Crippen molar-refractivity contribution in [2.24, 2.45) is 5.16 Å². The Morgan fingerprint density at radius 3 is 2.67 bits per heavy atom. The van der Waals surface area contributed by atoms with Crippen molar-refractivity contribution in [2.75, 3.05) is 23.9 Å². The predicted octanol–water partition coefficient (Wildman–Crippen LogP) is 0.612. The second kappa shape index (κ2) is 8.60. The van der Waals surface area contributed by atoms with Crippen molar-refractivity contribution < 1.29 is 19.5 Å². The smallest absolute Gasteiger partial charge is 0.364 e. The lowest BCUT2D eigenvalue weighted by Crippen LogP contribution is -2.28. The van der Waals surface area contributed by atoms with Gasteiger partial charge in [0.1, 0.15) is 0 Å². The minimum Gasteiger partial charge on any atom is -0.461 e. The molecule has 0 aromatic heterocycles. The molecular weight excluding hydrogens is 238 g/mol. The fraction of sp³-hybridized carbons (Fsp3) is 0.625. The minimum atomic E-state index is -0.892. The number of nitrogens with zero attached hydrogens (tertiary/aromatic N) is 1. The maximum Gasteiger partial charge on any atom is 0.364 e. The van der Waals surface area contributed by atoms with Crippen molar-refractivity contribution in [3.8, 4) is 0 Å². The Morgan fingerprint density at radius 2 is 2.20 bits per heavy atom. The van der Waals surface area contributed by atoms with E-state index in [9.17, 15) is 9.59 Å². The molecule has 86 valence electrons. The Kier molecular flexibility index (Phi) is 8.21. The zero-order valence-electron chi connectivity index (χ0n) is 8.30. The number of thioether (sulfide) groups is 1. The molecule has 0 atom stereocenters. The molecule has 0 amide bonds. The van der Waals surface area contributed by atoms with E-state index in [4.69, 9.17) is 5.21 Å². The Balaban J connectivity index is 4.18. The molecule has 1 N–H and O–H groups in total. The highest BCUT2D eigenvalue weighted by Crippen LogP contribution is 2.02. The van der Waals surface area contributed by atoms with Crippen molar-refractivity contribution >= 4 is 41.9 Å². The normalized spacial score (nSPS) is 11.2. The molecule has 0 fully saturated rings. The topological polar surface area (TPSA) is 76.0 Å². The quantitative estimate of drug-likeness (QED) is 0.132. The average Bonchev–Trinajstić information content (AvgIpc) is 2.19. The molecule has 0 aromatic carbocycles. The molecule has 0 unspecified atom stereocenters. The van der Waals surface area contributed by atoms with Crippen molar-refractivity contribution in [3.63, 3.8) is 0 Å². The molecule has 0 aliphatic rings. The van der Waals surface area contributed by atoms with Gasteiger partial charge in [0.2, 0.25) is 11.5 Å². The number of esters is 1. The number of Topliss-reactive ketones (excluding diaryl/α,β-unsaturated/α-hetero) is 1. The van der Waals surface area contributed by atoms with Crippen LogP contribution in [-0.4, -0.2) is 46.5 Å². The van der Waals surface area contributed by atoms with Crippen molar-refractivity contribution in [2.45, 2.75) is 6.92 Å². The van der Waals surface area contributed by atoms with Gasteiger partial charge in [0.05, 0.1) is 12.4 Å². The summed E-state index contributed by atoms with van der Waals surface area (Å²) in [6.07, 6.45) is 0. The number of carbonyl (C=O) groups is 2. The number of thiol groups is 1. The summed E-state index contributed by atoms with van der Waals surface area (Å²) in [5.41, 5.74) is -0.552. The van der Waals surface area contributed by atoms with Crippen molar-refractivity contribution in [3.05, 3.63) is 0 Å². The largest absolute Gasteiger partial charge is 0.461 e. The molecule has 0 radical (unpaired) electrons. The fourth-order valence-electron chi connectivity index (χ4n) is 0.708. The third-order valence-electron chi connectivity index (χ3n) is 1.30. The van der Waals surface area contributed by atoms with Gasteiger partial charge in [0.25, 0.3) is 0 Å². The molecule has 0 spiro atoms. The van der Waals surface area contributed by atoms with Gasteiger partial charge < -0.3 is 9.94 Å². The minimum absolute atomic E-state index is 0.0821. The van der Waals surface area contributed by atoms with E-state index in [0.29, 0.717) is 11.5 Å². The molecule has 0 saturated heterocycles. The number of hydrogen-bond acceptors (Lipinski definition) is 7. The van der Waals surface area contributed by atoms with E-state index in [0.717, 1.165) is 0 Å². The first kappa shape index (κ1) is 14.3. The monoisotopic (exact) mass is 251 g/mol. The molecule has 0 bridgehead atoms. The zero-order valence-corrected chi connectivity index (χ0v) is 10.0. The highest BCUT2D eigenvalue weighted by molar-refractivity contribution is 8.00. The van der Waals surface area contributed by atoms with Gasteiger partial charge in [0.15, 0.2) is 0 Å². The number of carbonyl (C=O) groups excluding carboxylic acids is 2. The highest BCUT2D eigenvalue weighted by Gasteiger charge is 2.21. The van der Waals surface area contributed by atoms with Crippen LogP contribution in [0, 0.1) is 0 Å². The van der Waals surface area contributed by atoms with E-state index in [1.165, 1.54) is 11.8 Å². The lowest BCUT2D eigenvalue weighted by molar-refractivity contribution is -0.135. The second-order valence-electron chi connectivity index (χ2n) is 2.37. The van der Waals surface area contributed by atoms with Crippen LogP contribution in [0.5, 0.6) is 0 Å². The van der Waals surface area contributed by atoms with Crippen molar-refractivity contribution in [1.29, 1.82) is 0 Å². The number of rotatable bonds is 7. The van der Waals surface area contributed by atoms with Crippen LogP contribution < -0.4 is 0 Å². The first-order valence-corrected chi connectivity index (χ1v) is 6.07. The van der Waals surface area contributed by atoms with Gasteiger partial charge in [-0.2, -0.15) is 24.4 Å². The fourth-order valence-corrected chi connectivity index (χ4v) is 1.69. The van der Waals surface area contributed by atoms with Crippen LogP contribution in [0.15, 0.2) is 5.16 Å². The van der Waals surface area contributed by atoms with Crippen LogP contribution >= 0.6 is 24.4 Å². The number of hydrogen-bond donors (Lipinski definition) is 2. The summed E-state index contributed by atoms with van der Waals surface area (Å²) in [5, 5.41) is 11.1. The van der Waals surface area contributed by atoms with E-state index >= 15 is 0 Å². The standard InChI is InChI=1S/C8H13NO4S2/c1-2-13-8(11)7(9-12)6(10)5-15-4-3-14/h12,14H,2-5H2,1H3/b9-7-. The molecule has 0 aliphatic heterocycles. The number of oxime groups is 1. The number of ketones is 1. The Morgan fingerprint density at radius 1 is 1.53 bits per heavy atom. The van der Waals surface area contributed by atoms with Crippen molar-refractivity contribution in [1.82, 2.24) is 0 Å². The predicted molar refractivity (Wildman–Crippen MR) is 62.0 cm³/mol. The maximum absolute atomic E-state index is 11.3. The molecule has 0 rings (SSSR count).